The molecule has 0 fully saturated rings. The third-order valence-electron chi connectivity index (χ3n) is 4.28. The summed E-state index contributed by atoms with van der Waals surface area (Å²) >= 11 is 0. The number of rotatable bonds is 3. The summed E-state index contributed by atoms with van der Waals surface area (Å²) in [5.41, 5.74) is 7.88. The zero-order chi connectivity index (χ0) is 14.3. The molecule has 0 unspecified atom stereocenters. The van der Waals surface area contributed by atoms with E-state index < -0.39 is 0 Å². The van der Waals surface area contributed by atoms with Crippen LogP contribution in [0.2, 0.25) is 0 Å². The molecule has 0 spiro atoms. The summed E-state index contributed by atoms with van der Waals surface area (Å²) in [5, 5.41) is 1.41. The molecule has 1 aliphatic carbocycles. The van der Waals surface area contributed by atoms with Crippen molar-refractivity contribution in [3.63, 3.8) is 0 Å². The van der Waals surface area contributed by atoms with Gasteiger partial charge in [0.05, 0.1) is 0 Å². The average Bonchev–Trinajstić information content (AvgIpc) is 3.00. The second-order valence-electron chi connectivity index (χ2n) is 5.50. The van der Waals surface area contributed by atoms with Crippen molar-refractivity contribution in [1.29, 1.82) is 0 Å². The zero-order valence-electron chi connectivity index (χ0n) is 12.5. The minimum absolute atomic E-state index is 1.05. The first-order chi connectivity index (χ1) is 9.65. The van der Waals surface area contributed by atoms with Crippen LogP contribution in [0.3, 0.4) is 0 Å². The van der Waals surface area contributed by atoms with E-state index in [1.165, 1.54) is 33.3 Å². The highest BCUT2D eigenvalue weighted by molar-refractivity contribution is 5.96. The van der Waals surface area contributed by atoms with Crippen molar-refractivity contribution in [3.05, 3.63) is 59.3 Å². The Morgan fingerprint density at radius 1 is 1.40 bits per heavy atom. The highest BCUT2D eigenvalue weighted by Gasteiger charge is 2.18. The Hall–Kier alpha value is -2.02. The highest BCUT2D eigenvalue weighted by Crippen LogP contribution is 2.35. The van der Waals surface area contributed by atoms with Gasteiger partial charge in [-0.1, -0.05) is 37.8 Å². The molecule has 0 saturated heterocycles. The summed E-state index contributed by atoms with van der Waals surface area (Å²) in [4.78, 5) is 0. The van der Waals surface area contributed by atoms with E-state index in [4.69, 9.17) is 0 Å². The van der Waals surface area contributed by atoms with Crippen LogP contribution in [0.4, 0.5) is 0 Å². The molecule has 102 valence electrons. The third-order valence-corrected chi connectivity index (χ3v) is 4.28. The smallest absolute Gasteiger partial charge is 0.0488 e. The molecule has 0 N–H and O–H groups in total. The molecule has 3 rings (SSSR count). The first kappa shape index (κ1) is 13.0. The molecule has 1 heterocycles. The van der Waals surface area contributed by atoms with Gasteiger partial charge in [-0.2, -0.15) is 0 Å². The number of aromatic nitrogens is 1. The topological polar surface area (TPSA) is 4.93 Å². The molecule has 2 aromatic rings. The van der Waals surface area contributed by atoms with Crippen LogP contribution in [0.15, 0.2) is 36.9 Å². The number of allylic oxidation sites excluding steroid dienone is 4. The van der Waals surface area contributed by atoms with E-state index >= 15 is 0 Å². The maximum absolute atomic E-state index is 4.22. The molecule has 1 aromatic heterocycles. The molecule has 0 radical (unpaired) electrons. The Labute approximate surface area is 120 Å². The molecule has 1 nitrogen and oxygen atoms in total. The van der Waals surface area contributed by atoms with E-state index in [-0.39, 0.29) is 0 Å². The second-order valence-corrected chi connectivity index (χ2v) is 5.50. The van der Waals surface area contributed by atoms with Gasteiger partial charge >= 0.3 is 0 Å². The number of hydrogen-bond acceptors (Lipinski definition) is 0. The fraction of sp³-hybridized carbons (Fsp3) is 0.263. The minimum Gasteiger partial charge on any atom is -0.344 e. The van der Waals surface area contributed by atoms with Crippen molar-refractivity contribution in [1.82, 2.24) is 4.57 Å². The number of nitrogens with zero attached hydrogens (tertiary/aromatic N) is 1. The molecular formula is C19H21N. The quantitative estimate of drug-likeness (QED) is 0.684. The van der Waals surface area contributed by atoms with Crippen molar-refractivity contribution in [3.8, 4) is 0 Å². The zero-order valence-corrected chi connectivity index (χ0v) is 12.5. The van der Waals surface area contributed by atoms with Gasteiger partial charge in [-0.15, -0.1) is 0 Å². The maximum atomic E-state index is 4.22. The van der Waals surface area contributed by atoms with Crippen molar-refractivity contribution in [2.24, 2.45) is 7.05 Å². The Morgan fingerprint density at radius 2 is 2.20 bits per heavy atom. The molecule has 0 bridgehead atoms. The lowest BCUT2D eigenvalue weighted by Crippen LogP contribution is -1.91. The molecule has 20 heavy (non-hydrogen) atoms. The van der Waals surface area contributed by atoms with E-state index in [0.29, 0.717) is 0 Å². The lowest BCUT2D eigenvalue weighted by Gasteiger charge is -2.09. The van der Waals surface area contributed by atoms with Crippen LogP contribution in [0.5, 0.6) is 0 Å². The molecule has 0 amide bonds. The van der Waals surface area contributed by atoms with Gasteiger partial charge in [0.25, 0.3) is 0 Å². The van der Waals surface area contributed by atoms with Gasteiger partial charge in [0.1, 0.15) is 0 Å². The predicted molar refractivity (Wildman–Crippen MR) is 88.9 cm³/mol. The highest BCUT2D eigenvalue weighted by atomic mass is 14.9. The SMILES string of the molecule is C=C(/C=C\CC)c1ccc2c(c1C)c1c(n2C)C=CC1. The van der Waals surface area contributed by atoms with Crippen molar-refractivity contribution >= 4 is 22.6 Å². The van der Waals surface area contributed by atoms with E-state index in [1.807, 2.05) is 0 Å². The number of fused-ring (bicyclic) bond motifs is 3. The van der Waals surface area contributed by atoms with Crippen LogP contribution in [0.25, 0.3) is 22.6 Å². The van der Waals surface area contributed by atoms with Crippen molar-refractivity contribution in [2.75, 3.05) is 0 Å². The molecule has 0 atom stereocenters. The summed E-state index contributed by atoms with van der Waals surface area (Å²) in [6.07, 6.45) is 10.9. The number of benzene rings is 1. The summed E-state index contributed by atoms with van der Waals surface area (Å²) in [7, 11) is 2.15. The first-order valence-electron chi connectivity index (χ1n) is 7.28. The molecule has 0 saturated carbocycles. The predicted octanol–water partition coefficient (Wildman–Crippen LogP) is 5.04. The first-order valence-corrected chi connectivity index (χ1v) is 7.28. The van der Waals surface area contributed by atoms with E-state index in [0.717, 1.165) is 18.4 Å². The van der Waals surface area contributed by atoms with Crippen LogP contribution in [-0.4, -0.2) is 4.57 Å². The van der Waals surface area contributed by atoms with Crippen molar-refractivity contribution in [2.45, 2.75) is 26.7 Å². The van der Waals surface area contributed by atoms with E-state index in [2.05, 4.69) is 68.5 Å². The van der Waals surface area contributed by atoms with Gasteiger partial charge in [0, 0.05) is 23.6 Å². The van der Waals surface area contributed by atoms with Gasteiger partial charge in [0.15, 0.2) is 0 Å². The van der Waals surface area contributed by atoms with Gasteiger partial charge in [0.2, 0.25) is 0 Å². The fourth-order valence-electron chi connectivity index (χ4n) is 3.22. The Kier molecular flexibility index (Phi) is 3.13. The van der Waals surface area contributed by atoms with Gasteiger partial charge < -0.3 is 4.57 Å². The third kappa shape index (κ3) is 1.77. The molecule has 1 heteroatoms. The normalized spacial score (nSPS) is 13.6. The van der Waals surface area contributed by atoms with E-state index in [9.17, 15) is 0 Å². The van der Waals surface area contributed by atoms with Gasteiger partial charge in [-0.25, -0.2) is 0 Å². The lowest BCUT2D eigenvalue weighted by atomic mass is 9.96. The molecule has 0 aliphatic heterocycles. The summed E-state index contributed by atoms with van der Waals surface area (Å²) < 4.78 is 2.30. The summed E-state index contributed by atoms with van der Waals surface area (Å²) in [6, 6.07) is 4.44. The van der Waals surface area contributed by atoms with Crippen LogP contribution in [0.1, 0.15) is 35.7 Å². The van der Waals surface area contributed by atoms with Crippen LogP contribution < -0.4 is 0 Å². The Balaban J connectivity index is 2.22. The van der Waals surface area contributed by atoms with E-state index in [1.54, 1.807) is 0 Å². The van der Waals surface area contributed by atoms with Gasteiger partial charge in [-0.3, -0.25) is 0 Å². The van der Waals surface area contributed by atoms with Crippen molar-refractivity contribution < 1.29 is 0 Å². The summed E-state index contributed by atoms with van der Waals surface area (Å²) in [6.45, 7) is 8.59. The number of hydrogen-bond donors (Lipinski definition) is 0. The lowest BCUT2D eigenvalue weighted by molar-refractivity contribution is 0.951. The van der Waals surface area contributed by atoms with Crippen LogP contribution in [-0.2, 0) is 13.5 Å². The Morgan fingerprint density at radius 3 is 2.95 bits per heavy atom. The second kappa shape index (κ2) is 4.82. The molecule has 1 aromatic carbocycles. The maximum Gasteiger partial charge on any atom is 0.0488 e. The molecule has 1 aliphatic rings. The molecular weight excluding hydrogens is 242 g/mol. The average molecular weight is 263 g/mol. The monoisotopic (exact) mass is 263 g/mol. The largest absolute Gasteiger partial charge is 0.344 e. The Bertz CT molecular complexity index is 754. The van der Waals surface area contributed by atoms with Crippen LogP contribution >= 0.6 is 0 Å². The number of aryl methyl sites for hydroxylation is 2. The van der Waals surface area contributed by atoms with Crippen LogP contribution in [0, 0.1) is 6.92 Å². The van der Waals surface area contributed by atoms with Gasteiger partial charge in [-0.05, 0) is 54.2 Å². The minimum atomic E-state index is 1.05. The standard InChI is InChI=1S/C19H21N/c1-5-6-8-13(2)15-11-12-18-19(14(15)3)16-9-7-10-17(16)20(18)4/h6-8,10-12H,2,5,9H2,1,3-4H3/b8-6-. The fourth-order valence-corrected chi connectivity index (χ4v) is 3.22. The summed E-state index contributed by atoms with van der Waals surface area (Å²) in [5.74, 6) is 0.